The summed E-state index contributed by atoms with van der Waals surface area (Å²) in [7, 11) is 0. The molecule has 1 saturated heterocycles. The summed E-state index contributed by atoms with van der Waals surface area (Å²) in [6, 6.07) is 0. The van der Waals surface area contributed by atoms with Gasteiger partial charge in [0, 0.05) is 38.5 Å². The maximum Gasteiger partial charge on any atom is 0.312 e. The van der Waals surface area contributed by atoms with Crippen molar-refractivity contribution in [1.29, 1.82) is 0 Å². The van der Waals surface area contributed by atoms with Crippen LogP contribution in [-0.4, -0.2) is 70.2 Å². The molecule has 0 aromatic rings. The third-order valence-corrected chi connectivity index (χ3v) is 8.41. The van der Waals surface area contributed by atoms with E-state index in [1.165, 1.54) is 27.7 Å². The minimum absolute atomic E-state index is 0.0555. The van der Waals surface area contributed by atoms with Gasteiger partial charge in [-0.1, -0.05) is 19.4 Å². The Morgan fingerprint density at radius 1 is 1.03 bits per heavy atom. The minimum atomic E-state index is -2.00. The highest BCUT2D eigenvalue weighted by atomic mass is 16.6. The molecule has 0 amide bonds. The number of aliphatic hydroxyl groups is 2. The molecule has 202 valence electrons. The second-order valence-corrected chi connectivity index (χ2v) is 10.8. The van der Waals surface area contributed by atoms with E-state index in [2.05, 4.69) is 0 Å². The van der Waals surface area contributed by atoms with Gasteiger partial charge in [0.2, 0.25) is 0 Å². The van der Waals surface area contributed by atoms with Crippen molar-refractivity contribution in [3.05, 3.63) is 11.6 Å². The lowest BCUT2D eigenvalue weighted by Gasteiger charge is -2.58. The standard InChI is InChI=1S/C26H38O10/c1-12-8-9-19(33-15(4)27)25(7)20(34-16(5)28)11-18(30)13(2)22(25)23(35-17(6)29)26(32)14(3)24(31)36-21(26)10-12/h10,13-14,18-23,30,32H,8-9,11H2,1-7H3/b12-10-/t13-,14-,18-,19-,20-,21-,22+,23+,25-,26-/m0/s1. The summed E-state index contributed by atoms with van der Waals surface area (Å²) in [6.07, 6.45) is -2.79. The van der Waals surface area contributed by atoms with Gasteiger partial charge in [0.25, 0.3) is 0 Å². The van der Waals surface area contributed by atoms with E-state index in [9.17, 15) is 29.4 Å². The summed E-state index contributed by atoms with van der Waals surface area (Å²) in [6.45, 7) is 10.5. The molecule has 3 rings (SSSR count). The van der Waals surface area contributed by atoms with Crippen LogP contribution < -0.4 is 0 Å². The van der Waals surface area contributed by atoms with Crippen LogP contribution >= 0.6 is 0 Å². The SMILES string of the molecule is CC(=O)O[C@H]1CC/C(C)=C\[C@@H]2OC(=O)[C@H](C)[C@@]2(O)[C@H](OC(C)=O)[C@H]2[C@@H](C)[C@@H](O)C[C@H](OC(C)=O)[C@@]21C. The predicted octanol–water partition coefficient (Wildman–Crippen LogP) is 1.84. The van der Waals surface area contributed by atoms with E-state index < -0.39 is 83.2 Å². The zero-order chi connectivity index (χ0) is 27.2. The highest BCUT2D eigenvalue weighted by molar-refractivity contribution is 5.77. The average Bonchev–Trinajstić information content (AvgIpc) is 2.97. The fourth-order valence-corrected chi connectivity index (χ4v) is 6.47. The lowest BCUT2D eigenvalue weighted by atomic mass is 9.52. The Balaban J connectivity index is 2.36. The molecule has 0 unspecified atom stereocenters. The summed E-state index contributed by atoms with van der Waals surface area (Å²) >= 11 is 0. The number of rotatable bonds is 3. The molecular formula is C26H38O10. The molecule has 2 aliphatic carbocycles. The summed E-state index contributed by atoms with van der Waals surface area (Å²) < 4.78 is 22.9. The lowest BCUT2D eigenvalue weighted by molar-refractivity contribution is -0.250. The molecule has 36 heavy (non-hydrogen) atoms. The normalized spacial score (nSPS) is 44.1. The van der Waals surface area contributed by atoms with E-state index in [1.54, 1.807) is 26.8 Å². The van der Waals surface area contributed by atoms with Gasteiger partial charge in [-0.25, -0.2) is 0 Å². The van der Waals surface area contributed by atoms with Crippen molar-refractivity contribution in [2.24, 2.45) is 23.2 Å². The molecule has 0 bridgehead atoms. The Morgan fingerprint density at radius 3 is 2.14 bits per heavy atom. The molecule has 0 spiro atoms. The highest BCUT2D eigenvalue weighted by Gasteiger charge is 2.68. The zero-order valence-electron chi connectivity index (χ0n) is 22.0. The Labute approximate surface area is 211 Å². The first-order valence-electron chi connectivity index (χ1n) is 12.4. The number of allylic oxidation sites excluding steroid dienone is 1. The third kappa shape index (κ3) is 4.77. The maximum atomic E-state index is 12.7. The number of aliphatic hydroxyl groups excluding tert-OH is 1. The van der Waals surface area contributed by atoms with E-state index in [1.807, 2.05) is 0 Å². The Kier molecular flexibility index (Phi) is 7.91. The molecule has 2 N–H and O–H groups in total. The Hall–Kier alpha value is -2.46. The smallest absolute Gasteiger partial charge is 0.312 e. The number of hydrogen-bond acceptors (Lipinski definition) is 10. The predicted molar refractivity (Wildman–Crippen MR) is 125 cm³/mol. The largest absolute Gasteiger partial charge is 0.462 e. The number of hydrogen-bond donors (Lipinski definition) is 2. The molecule has 2 fully saturated rings. The van der Waals surface area contributed by atoms with Crippen LogP contribution in [-0.2, 0) is 38.1 Å². The number of esters is 4. The van der Waals surface area contributed by atoms with Crippen LogP contribution in [0.5, 0.6) is 0 Å². The third-order valence-electron chi connectivity index (χ3n) is 8.41. The number of carbonyl (C=O) groups is 4. The molecule has 3 aliphatic rings. The quantitative estimate of drug-likeness (QED) is 0.328. The minimum Gasteiger partial charge on any atom is -0.462 e. The molecule has 10 nitrogen and oxygen atoms in total. The molecule has 0 aromatic carbocycles. The van der Waals surface area contributed by atoms with Gasteiger partial charge in [0.15, 0.2) is 11.7 Å². The molecule has 1 saturated carbocycles. The van der Waals surface area contributed by atoms with Crippen molar-refractivity contribution in [2.75, 3.05) is 0 Å². The van der Waals surface area contributed by atoms with Crippen LogP contribution in [0.3, 0.4) is 0 Å². The van der Waals surface area contributed by atoms with Crippen molar-refractivity contribution < 1.29 is 48.3 Å². The van der Waals surface area contributed by atoms with Crippen LogP contribution in [0.15, 0.2) is 11.6 Å². The lowest BCUT2D eigenvalue weighted by Crippen LogP contribution is -2.68. The summed E-state index contributed by atoms with van der Waals surface area (Å²) in [5, 5.41) is 23.3. The molecular weight excluding hydrogens is 472 g/mol. The second-order valence-electron chi connectivity index (χ2n) is 10.8. The van der Waals surface area contributed by atoms with E-state index in [4.69, 9.17) is 18.9 Å². The first kappa shape index (κ1) is 28.1. The van der Waals surface area contributed by atoms with Crippen molar-refractivity contribution in [3.63, 3.8) is 0 Å². The second kappa shape index (κ2) is 10.1. The Bertz CT molecular complexity index is 943. The average molecular weight is 511 g/mol. The Morgan fingerprint density at radius 2 is 1.58 bits per heavy atom. The van der Waals surface area contributed by atoms with E-state index in [0.717, 1.165) is 5.57 Å². The zero-order valence-corrected chi connectivity index (χ0v) is 22.0. The van der Waals surface area contributed by atoms with Gasteiger partial charge < -0.3 is 29.2 Å². The first-order chi connectivity index (χ1) is 16.6. The van der Waals surface area contributed by atoms with Gasteiger partial charge >= 0.3 is 23.9 Å². The summed E-state index contributed by atoms with van der Waals surface area (Å²) in [4.78, 5) is 49.6. The maximum absolute atomic E-state index is 12.7. The van der Waals surface area contributed by atoms with Crippen LogP contribution in [0.1, 0.15) is 67.7 Å². The summed E-state index contributed by atoms with van der Waals surface area (Å²) in [5.41, 5.74) is -2.44. The molecule has 0 radical (unpaired) electrons. The topological polar surface area (TPSA) is 146 Å². The van der Waals surface area contributed by atoms with E-state index in [-0.39, 0.29) is 6.42 Å². The summed E-state index contributed by atoms with van der Waals surface area (Å²) in [5.74, 6) is -5.08. The van der Waals surface area contributed by atoms with Crippen molar-refractivity contribution >= 4 is 23.9 Å². The van der Waals surface area contributed by atoms with Crippen LogP contribution in [0.25, 0.3) is 0 Å². The van der Waals surface area contributed by atoms with Crippen LogP contribution in [0.4, 0.5) is 0 Å². The van der Waals surface area contributed by atoms with E-state index in [0.29, 0.717) is 12.8 Å². The van der Waals surface area contributed by atoms with Gasteiger partial charge in [-0.15, -0.1) is 0 Å². The van der Waals surface area contributed by atoms with Gasteiger partial charge in [-0.05, 0) is 38.7 Å². The van der Waals surface area contributed by atoms with Gasteiger partial charge in [-0.2, -0.15) is 0 Å². The fourth-order valence-electron chi connectivity index (χ4n) is 6.47. The molecule has 10 atom stereocenters. The van der Waals surface area contributed by atoms with Crippen LogP contribution in [0, 0.1) is 23.2 Å². The molecule has 1 aliphatic heterocycles. The highest BCUT2D eigenvalue weighted by Crippen LogP contribution is 2.56. The van der Waals surface area contributed by atoms with Gasteiger partial charge in [-0.3, -0.25) is 19.2 Å². The van der Waals surface area contributed by atoms with Crippen LogP contribution in [0.2, 0.25) is 0 Å². The van der Waals surface area contributed by atoms with Crippen molar-refractivity contribution in [3.8, 4) is 0 Å². The molecule has 10 heteroatoms. The van der Waals surface area contributed by atoms with E-state index >= 15 is 0 Å². The number of fused-ring (bicyclic) bond motifs is 2. The number of ether oxygens (including phenoxy) is 4. The van der Waals surface area contributed by atoms with Crippen molar-refractivity contribution in [1.82, 2.24) is 0 Å². The number of carbonyl (C=O) groups excluding carboxylic acids is 4. The van der Waals surface area contributed by atoms with Gasteiger partial charge in [0.05, 0.1) is 12.0 Å². The van der Waals surface area contributed by atoms with Crippen molar-refractivity contribution in [2.45, 2.75) is 104 Å². The first-order valence-corrected chi connectivity index (χ1v) is 12.4. The molecule has 0 aromatic heterocycles. The molecule has 1 heterocycles. The fraction of sp³-hybridized carbons (Fsp3) is 0.769. The van der Waals surface area contributed by atoms with Gasteiger partial charge in [0.1, 0.15) is 18.3 Å². The monoisotopic (exact) mass is 510 g/mol.